The zero-order valence-electron chi connectivity index (χ0n) is 17.8. The van der Waals surface area contributed by atoms with Crippen molar-refractivity contribution >= 4 is 38.7 Å². The van der Waals surface area contributed by atoms with Gasteiger partial charge in [-0.1, -0.05) is 88.7 Å². The van der Waals surface area contributed by atoms with Crippen LogP contribution in [0.4, 0.5) is 0 Å². The van der Waals surface area contributed by atoms with E-state index in [0.717, 1.165) is 26.4 Å². The number of nitrogens with one attached hydrogen (secondary N) is 1. The molecule has 1 amide bonds. The largest absolute Gasteiger partial charge is 0.488 e. The number of nitriles is 1. The van der Waals surface area contributed by atoms with Crippen molar-refractivity contribution in [3.63, 3.8) is 0 Å². The SMILES string of the molecule is N#C/C(=C\c1c(OCc2ccc(Br)cc2)ccc2ccccc12)C(=O)NCc1ccccc1. The third-order valence-corrected chi connectivity index (χ3v) is 5.72. The molecule has 0 bridgehead atoms. The van der Waals surface area contributed by atoms with Crippen LogP contribution in [0, 0.1) is 11.3 Å². The van der Waals surface area contributed by atoms with Crippen LogP contribution in [0.15, 0.2) is 101 Å². The van der Waals surface area contributed by atoms with Crippen molar-refractivity contribution in [3.05, 3.63) is 118 Å². The zero-order chi connectivity index (χ0) is 23.0. The smallest absolute Gasteiger partial charge is 0.262 e. The summed E-state index contributed by atoms with van der Waals surface area (Å²) in [6, 6.07) is 31.2. The average Bonchev–Trinajstić information content (AvgIpc) is 2.86. The van der Waals surface area contributed by atoms with Crippen molar-refractivity contribution in [2.45, 2.75) is 13.2 Å². The van der Waals surface area contributed by atoms with Crippen molar-refractivity contribution in [2.24, 2.45) is 0 Å². The summed E-state index contributed by atoms with van der Waals surface area (Å²) >= 11 is 3.44. The molecule has 0 aliphatic heterocycles. The minimum atomic E-state index is -0.423. The quantitative estimate of drug-likeness (QED) is 0.237. The summed E-state index contributed by atoms with van der Waals surface area (Å²) < 4.78 is 7.13. The van der Waals surface area contributed by atoms with Gasteiger partial charge in [0.25, 0.3) is 5.91 Å². The van der Waals surface area contributed by atoms with Crippen LogP contribution in [0.5, 0.6) is 5.75 Å². The summed E-state index contributed by atoms with van der Waals surface area (Å²) in [5, 5.41) is 14.5. The Balaban J connectivity index is 1.63. The summed E-state index contributed by atoms with van der Waals surface area (Å²) in [5.41, 5.74) is 2.71. The van der Waals surface area contributed by atoms with Crippen molar-refractivity contribution in [2.75, 3.05) is 0 Å². The Morgan fingerprint density at radius 1 is 0.909 bits per heavy atom. The molecule has 0 fully saturated rings. The molecule has 0 atom stereocenters. The van der Waals surface area contributed by atoms with E-state index in [1.807, 2.05) is 97.1 Å². The van der Waals surface area contributed by atoms with E-state index in [9.17, 15) is 10.1 Å². The van der Waals surface area contributed by atoms with E-state index in [2.05, 4.69) is 21.2 Å². The molecule has 0 saturated carbocycles. The number of halogens is 1. The summed E-state index contributed by atoms with van der Waals surface area (Å²) in [6.07, 6.45) is 1.61. The summed E-state index contributed by atoms with van der Waals surface area (Å²) in [7, 11) is 0. The van der Waals surface area contributed by atoms with E-state index in [1.54, 1.807) is 6.08 Å². The molecule has 0 spiro atoms. The topological polar surface area (TPSA) is 62.1 Å². The lowest BCUT2D eigenvalue weighted by Crippen LogP contribution is -2.23. The van der Waals surface area contributed by atoms with E-state index < -0.39 is 5.91 Å². The third-order valence-electron chi connectivity index (χ3n) is 5.19. The highest BCUT2D eigenvalue weighted by Gasteiger charge is 2.13. The molecule has 4 aromatic carbocycles. The molecule has 162 valence electrons. The monoisotopic (exact) mass is 496 g/mol. The van der Waals surface area contributed by atoms with Crippen LogP contribution in [0.25, 0.3) is 16.8 Å². The van der Waals surface area contributed by atoms with Crippen LogP contribution in [0.1, 0.15) is 16.7 Å². The van der Waals surface area contributed by atoms with Crippen molar-refractivity contribution in [3.8, 4) is 11.8 Å². The molecule has 0 aliphatic carbocycles. The van der Waals surface area contributed by atoms with Crippen LogP contribution in [0.2, 0.25) is 0 Å². The number of hydrogen-bond acceptors (Lipinski definition) is 3. The van der Waals surface area contributed by atoms with Gasteiger partial charge in [-0.3, -0.25) is 4.79 Å². The van der Waals surface area contributed by atoms with Gasteiger partial charge in [-0.25, -0.2) is 0 Å². The molecular formula is C28H21BrN2O2. The van der Waals surface area contributed by atoms with Gasteiger partial charge in [-0.05, 0) is 46.2 Å². The summed E-state index contributed by atoms with van der Waals surface area (Å²) in [4.78, 5) is 12.8. The Bertz CT molecular complexity index is 1340. The van der Waals surface area contributed by atoms with Gasteiger partial charge in [-0.2, -0.15) is 5.26 Å². The molecule has 5 heteroatoms. The first-order chi connectivity index (χ1) is 16.1. The predicted molar refractivity (Wildman–Crippen MR) is 134 cm³/mol. The number of benzene rings is 4. The summed E-state index contributed by atoms with van der Waals surface area (Å²) in [5.74, 6) is 0.188. The fraction of sp³-hybridized carbons (Fsp3) is 0.0714. The predicted octanol–water partition coefficient (Wildman–Crippen LogP) is 6.40. The maximum absolute atomic E-state index is 12.8. The molecule has 4 rings (SSSR count). The second-order valence-electron chi connectivity index (χ2n) is 7.45. The first-order valence-electron chi connectivity index (χ1n) is 10.5. The standard InChI is InChI=1S/C28H21BrN2O2/c29-24-13-10-21(11-14-24)19-33-27-15-12-22-8-4-5-9-25(22)26(27)16-23(17-30)28(32)31-18-20-6-2-1-3-7-20/h1-16H,18-19H2,(H,31,32)/b23-16+. The van der Waals surface area contributed by atoms with E-state index in [4.69, 9.17) is 4.74 Å². The van der Waals surface area contributed by atoms with Crippen molar-refractivity contribution in [1.82, 2.24) is 5.32 Å². The van der Waals surface area contributed by atoms with Gasteiger partial charge in [0.1, 0.15) is 24.0 Å². The number of carbonyl (C=O) groups excluding carboxylic acids is 1. The molecule has 0 aliphatic rings. The number of nitrogens with zero attached hydrogens (tertiary/aromatic N) is 1. The highest BCUT2D eigenvalue weighted by Crippen LogP contribution is 2.31. The van der Waals surface area contributed by atoms with E-state index in [-0.39, 0.29) is 5.57 Å². The highest BCUT2D eigenvalue weighted by molar-refractivity contribution is 9.10. The van der Waals surface area contributed by atoms with E-state index >= 15 is 0 Å². The minimum Gasteiger partial charge on any atom is -0.488 e. The minimum absolute atomic E-state index is 0.0239. The van der Waals surface area contributed by atoms with Crippen molar-refractivity contribution < 1.29 is 9.53 Å². The Hall–Kier alpha value is -3.88. The second kappa shape index (κ2) is 10.6. The van der Waals surface area contributed by atoms with Gasteiger partial charge in [0.05, 0.1) is 0 Å². The number of amides is 1. The molecule has 0 saturated heterocycles. The van der Waals surface area contributed by atoms with Crippen molar-refractivity contribution in [1.29, 1.82) is 5.26 Å². The van der Waals surface area contributed by atoms with Crippen LogP contribution in [-0.4, -0.2) is 5.91 Å². The molecule has 0 unspecified atom stereocenters. The normalized spacial score (nSPS) is 11.1. The number of carbonyl (C=O) groups is 1. The van der Waals surface area contributed by atoms with Gasteiger partial charge in [-0.15, -0.1) is 0 Å². The maximum Gasteiger partial charge on any atom is 0.262 e. The van der Waals surface area contributed by atoms with Gasteiger partial charge in [0.15, 0.2) is 0 Å². The Labute approximate surface area is 201 Å². The first kappa shape index (κ1) is 22.3. The zero-order valence-corrected chi connectivity index (χ0v) is 19.4. The molecule has 0 aromatic heterocycles. The van der Waals surface area contributed by atoms with Gasteiger partial charge in [0.2, 0.25) is 0 Å². The highest BCUT2D eigenvalue weighted by atomic mass is 79.9. The third kappa shape index (κ3) is 5.68. The van der Waals surface area contributed by atoms with Gasteiger partial charge < -0.3 is 10.1 Å². The fourth-order valence-corrected chi connectivity index (χ4v) is 3.72. The first-order valence-corrected chi connectivity index (χ1v) is 11.3. The molecule has 0 radical (unpaired) electrons. The van der Waals surface area contributed by atoms with Crippen LogP contribution < -0.4 is 10.1 Å². The van der Waals surface area contributed by atoms with E-state index in [0.29, 0.717) is 24.5 Å². The number of ether oxygens (including phenoxy) is 1. The van der Waals surface area contributed by atoms with Crippen LogP contribution >= 0.6 is 15.9 Å². The number of fused-ring (bicyclic) bond motifs is 1. The fourth-order valence-electron chi connectivity index (χ4n) is 3.46. The average molecular weight is 497 g/mol. The molecular weight excluding hydrogens is 476 g/mol. The summed E-state index contributed by atoms with van der Waals surface area (Å²) in [6.45, 7) is 0.718. The Kier molecular flexibility index (Phi) is 7.19. The second-order valence-corrected chi connectivity index (χ2v) is 8.37. The molecule has 1 N–H and O–H groups in total. The molecule has 0 heterocycles. The molecule has 4 nitrogen and oxygen atoms in total. The van der Waals surface area contributed by atoms with Crippen LogP contribution in [0.3, 0.4) is 0 Å². The maximum atomic E-state index is 12.8. The lowest BCUT2D eigenvalue weighted by Gasteiger charge is -2.13. The lowest BCUT2D eigenvalue weighted by molar-refractivity contribution is -0.117. The number of rotatable bonds is 7. The molecule has 33 heavy (non-hydrogen) atoms. The number of hydrogen-bond donors (Lipinski definition) is 1. The van der Waals surface area contributed by atoms with Gasteiger partial charge >= 0.3 is 0 Å². The van der Waals surface area contributed by atoms with E-state index in [1.165, 1.54) is 0 Å². The molecule has 4 aromatic rings. The lowest BCUT2D eigenvalue weighted by atomic mass is 10.0. The van der Waals surface area contributed by atoms with Gasteiger partial charge in [0, 0.05) is 16.6 Å². The Morgan fingerprint density at radius 3 is 2.39 bits per heavy atom. The Morgan fingerprint density at radius 2 is 1.64 bits per heavy atom. The van der Waals surface area contributed by atoms with Crippen LogP contribution in [-0.2, 0) is 17.9 Å².